The van der Waals surface area contributed by atoms with E-state index in [0.717, 1.165) is 23.7 Å². The first-order valence-corrected chi connectivity index (χ1v) is 6.83. The van der Waals surface area contributed by atoms with Crippen LogP contribution in [-0.2, 0) is 11.3 Å². The molecule has 3 heterocycles. The van der Waals surface area contributed by atoms with Crippen molar-refractivity contribution in [1.29, 1.82) is 0 Å². The van der Waals surface area contributed by atoms with E-state index in [4.69, 9.17) is 4.74 Å². The first kappa shape index (κ1) is 12.9. The second-order valence-electron chi connectivity index (χ2n) is 4.69. The summed E-state index contributed by atoms with van der Waals surface area (Å²) >= 11 is 0. The largest absolute Gasteiger partial charge is 0.371 e. The van der Waals surface area contributed by atoms with Crippen LogP contribution in [-0.4, -0.2) is 25.5 Å². The molecule has 0 spiro atoms. The second kappa shape index (κ2) is 5.46. The normalized spacial score (nSPS) is 12.9. The van der Waals surface area contributed by atoms with Gasteiger partial charge in [0, 0.05) is 25.2 Å². The van der Waals surface area contributed by atoms with Crippen molar-refractivity contribution in [2.75, 3.05) is 6.61 Å². The molecule has 20 heavy (non-hydrogen) atoms. The van der Waals surface area contributed by atoms with Crippen LogP contribution in [0.4, 0.5) is 0 Å². The molecular weight excluding hydrogens is 252 g/mol. The summed E-state index contributed by atoms with van der Waals surface area (Å²) in [6, 6.07) is 6.00. The third-order valence-electron chi connectivity index (χ3n) is 3.35. The summed E-state index contributed by atoms with van der Waals surface area (Å²) in [6.07, 6.45) is 7.72. The number of hydrogen-bond donors (Lipinski definition) is 0. The Hall–Kier alpha value is -2.14. The van der Waals surface area contributed by atoms with Gasteiger partial charge >= 0.3 is 0 Å². The van der Waals surface area contributed by atoms with Gasteiger partial charge in [-0.15, -0.1) is 0 Å². The predicted octanol–water partition coefficient (Wildman–Crippen LogP) is 2.68. The van der Waals surface area contributed by atoms with E-state index in [1.165, 1.54) is 0 Å². The molecule has 0 aromatic carbocycles. The van der Waals surface area contributed by atoms with Gasteiger partial charge in [0.1, 0.15) is 17.6 Å². The van der Waals surface area contributed by atoms with Crippen LogP contribution in [0.2, 0.25) is 0 Å². The SMILES string of the molecule is CCOC(C)c1nccn1Cc1cnc2ccccn12. The van der Waals surface area contributed by atoms with E-state index in [9.17, 15) is 0 Å². The Bertz CT molecular complexity index is 701. The van der Waals surface area contributed by atoms with Gasteiger partial charge in [-0.25, -0.2) is 9.97 Å². The molecule has 0 aliphatic rings. The fourth-order valence-electron chi connectivity index (χ4n) is 2.41. The van der Waals surface area contributed by atoms with Crippen molar-refractivity contribution in [2.24, 2.45) is 0 Å². The lowest BCUT2D eigenvalue weighted by molar-refractivity contribution is 0.0677. The molecule has 3 aromatic rings. The number of hydrogen-bond acceptors (Lipinski definition) is 3. The van der Waals surface area contributed by atoms with Gasteiger partial charge < -0.3 is 13.7 Å². The highest BCUT2D eigenvalue weighted by atomic mass is 16.5. The summed E-state index contributed by atoms with van der Waals surface area (Å²) in [5.74, 6) is 0.942. The van der Waals surface area contributed by atoms with Crippen LogP contribution in [0.25, 0.3) is 5.65 Å². The monoisotopic (exact) mass is 270 g/mol. The average molecular weight is 270 g/mol. The summed E-state index contributed by atoms with van der Waals surface area (Å²) in [5.41, 5.74) is 2.09. The summed E-state index contributed by atoms with van der Waals surface area (Å²) in [6.45, 7) is 5.44. The summed E-state index contributed by atoms with van der Waals surface area (Å²) in [5, 5.41) is 0. The Morgan fingerprint density at radius 1 is 1.25 bits per heavy atom. The van der Waals surface area contributed by atoms with Crippen molar-refractivity contribution in [1.82, 2.24) is 18.9 Å². The van der Waals surface area contributed by atoms with E-state index in [1.807, 2.05) is 56.8 Å². The van der Waals surface area contributed by atoms with Crippen LogP contribution in [0.5, 0.6) is 0 Å². The Morgan fingerprint density at radius 2 is 2.15 bits per heavy atom. The van der Waals surface area contributed by atoms with Crippen LogP contribution < -0.4 is 0 Å². The number of nitrogens with zero attached hydrogens (tertiary/aromatic N) is 4. The average Bonchev–Trinajstić information content (AvgIpc) is 3.07. The van der Waals surface area contributed by atoms with Gasteiger partial charge in [-0.2, -0.15) is 0 Å². The van der Waals surface area contributed by atoms with E-state index in [0.29, 0.717) is 6.61 Å². The van der Waals surface area contributed by atoms with Crippen molar-refractivity contribution in [2.45, 2.75) is 26.5 Å². The smallest absolute Gasteiger partial charge is 0.137 e. The third-order valence-corrected chi connectivity index (χ3v) is 3.35. The maximum absolute atomic E-state index is 5.63. The zero-order valence-corrected chi connectivity index (χ0v) is 11.7. The summed E-state index contributed by atoms with van der Waals surface area (Å²) < 4.78 is 9.83. The lowest BCUT2D eigenvalue weighted by atomic mass is 10.3. The Labute approximate surface area is 117 Å². The molecule has 1 unspecified atom stereocenters. The van der Waals surface area contributed by atoms with Crippen LogP contribution in [0.3, 0.4) is 0 Å². The fourth-order valence-corrected chi connectivity index (χ4v) is 2.41. The lowest BCUT2D eigenvalue weighted by Gasteiger charge is -2.13. The molecule has 3 aromatic heterocycles. The summed E-state index contributed by atoms with van der Waals surface area (Å²) in [7, 11) is 0. The lowest BCUT2D eigenvalue weighted by Crippen LogP contribution is -2.11. The highest BCUT2D eigenvalue weighted by Gasteiger charge is 2.13. The molecule has 0 aliphatic carbocycles. The van der Waals surface area contributed by atoms with Crippen LogP contribution >= 0.6 is 0 Å². The quantitative estimate of drug-likeness (QED) is 0.716. The molecule has 0 N–H and O–H groups in total. The number of imidazole rings is 2. The molecule has 0 saturated heterocycles. The topological polar surface area (TPSA) is 44.3 Å². The van der Waals surface area contributed by atoms with Crippen molar-refractivity contribution in [3.63, 3.8) is 0 Å². The maximum atomic E-state index is 5.63. The van der Waals surface area contributed by atoms with E-state index < -0.39 is 0 Å². The molecule has 0 saturated carbocycles. The zero-order valence-electron chi connectivity index (χ0n) is 11.7. The Kier molecular flexibility index (Phi) is 3.52. The molecule has 0 bridgehead atoms. The second-order valence-corrected chi connectivity index (χ2v) is 4.69. The number of pyridine rings is 1. The molecule has 3 rings (SSSR count). The van der Waals surface area contributed by atoms with Crippen molar-refractivity contribution >= 4 is 5.65 Å². The fraction of sp³-hybridized carbons (Fsp3) is 0.333. The molecule has 104 valence electrons. The first-order valence-electron chi connectivity index (χ1n) is 6.83. The highest BCUT2D eigenvalue weighted by molar-refractivity contribution is 5.39. The van der Waals surface area contributed by atoms with Gasteiger partial charge in [-0.1, -0.05) is 6.07 Å². The van der Waals surface area contributed by atoms with E-state index in [1.54, 1.807) is 0 Å². The van der Waals surface area contributed by atoms with Crippen LogP contribution in [0.1, 0.15) is 31.5 Å². The number of aromatic nitrogens is 4. The van der Waals surface area contributed by atoms with Gasteiger partial charge in [0.05, 0.1) is 18.4 Å². The zero-order chi connectivity index (χ0) is 13.9. The molecule has 5 nitrogen and oxygen atoms in total. The number of rotatable bonds is 5. The molecule has 0 fully saturated rings. The minimum atomic E-state index is -0.00538. The molecule has 0 radical (unpaired) electrons. The standard InChI is InChI=1S/C15H18N4O/c1-3-20-12(2)15-16-7-9-18(15)11-13-10-17-14-6-4-5-8-19(13)14/h4-10,12H,3,11H2,1-2H3. The Balaban J connectivity index is 1.90. The Morgan fingerprint density at radius 3 is 3.00 bits per heavy atom. The van der Waals surface area contributed by atoms with Crippen molar-refractivity contribution in [3.05, 3.63) is 54.5 Å². The van der Waals surface area contributed by atoms with Gasteiger partial charge in [0.15, 0.2) is 0 Å². The van der Waals surface area contributed by atoms with E-state index >= 15 is 0 Å². The van der Waals surface area contributed by atoms with Gasteiger partial charge in [0.2, 0.25) is 0 Å². The van der Waals surface area contributed by atoms with Crippen LogP contribution in [0.15, 0.2) is 43.0 Å². The minimum absolute atomic E-state index is 0.00538. The summed E-state index contributed by atoms with van der Waals surface area (Å²) in [4.78, 5) is 8.81. The third kappa shape index (κ3) is 2.32. The van der Waals surface area contributed by atoms with Gasteiger partial charge in [-0.05, 0) is 26.0 Å². The predicted molar refractivity (Wildman–Crippen MR) is 76.6 cm³/mol. The minimum Gasteiger partial charge on any atom is -0.371 e. The molecule has 1 atom stereocenters. The van der Waals surface area contributed by atoms with E-state index in [2.05, 4.69) is 18.9 Å². The number of fused-ring (bicyclic) bond motifs is 1. The molecule has 0 amide bonds. The molecular formula is C15H18N4O. The van der Waals surface area contributed by atoms with Crippen molar-refractivity contribution < 1.29 is 4.74 Å². The molecule has 5 heteroatoms. The van der Waals surface area contributed by atoms with Crippen LogP contribution in [0, 0.1) is 0 Å². The van der Waals surface area contributed by atoms with Gasteiger partial charge in [-0.3, -0.25) is 0 Å². The highest BCUT2D eigenvalue weighted by Crippen LogP contribution is 2.16. The first-order chi connectivity index (χ1) is 9.79. The van der Waals surface area contributed by atoms with Gasteiger partial charge in [0.25, 0.3) is 0 Å². The maximum Gasteiger partial charge on any atom is 0.137 e. The molecule has 0 aliphatic heterocycles. The number of ether oxygens (including phenoxy) is 1. The van der Waals surface area contributed by atoms with Crippen molar-refractivity contribution in [3.8, 4) is 0 Å². The van der Waals surface area contributed by atoms with E-state index in [-0.39, 0.29) is 6.10 Å².